The molecule has 4 aromatic rings. The number of rotatable bonds is 6. The second-order valence-corrected chi connectivity index (χ2v) is 8.58. The van der Waals surface area contributed by atoms with Gasteiger partial charge in [-0.05, 0) is 86.3 Å². The summed E-state index contributed by atoms with van der Waals surface area (Å²) in [6.07, 6.45) is 0. The standard InChI is InChI=1S/C30H28N2O4/c1-19-15-17-25(27(21(19)3)31-23-11-7-5-8-12-23)29(33)35-36-30(34)26-18-16-20(2)22(4)28(26)32-24-13-9-6-10-14-24/h5-18,31-32H,1-4H3. The summed E-state index contributed by atoms with van der Waals surface area (Å²) in [4.78, 5) is 36.1. The van der Waals surface area contributed by atoms with Crippen LogP contribution in [0.3, 0.4) is 0 Å². The molecule has 6 heteroatoms. The van der Waals surface area contributed by atoms with E-state index in [1.165, 1.54) is 0 Å². The van der Waals surface area contributed by atoms with Crippen molar-refractivity contribution in [2.45, 2.75) is 27.7 Å². The molecule has 0 aromatic heterocycles. The smallest absolute Gasteiger partial charge is 0.355 e. The number of carbonyl (C=O) groups excluding carboxylic acids is 2. The van der Waals surface area contributed by atoms with Gasteiger partial charge in [-0.2, -0.15) is 0 Å². The van der Waals surface area contributed by atoms with E-state index in [0.29, 0.717) is 11.4 Å². The van der Waals surface area contributed by atoms with Crippen molar-refractivity contribution >= 4 is 34.7 Å². The van der Waals surface area contributed by atoms with Crippen molar-refractivity contribution < 1.29 is 19.4 Å². The van der Waals surface area contributed by atoms with Gasteiger partial charge >= 0.3 is 11.9 Å². The number of anilines is 4. The number of hydrogen-bond donors (Lipinski definition) is 2. The number of carbonyl (C=O) groups is 2. The molecule has 0 amide bonds. The van der Waals surface area contributed by atoms with Gasteiger partial charge in [-0.3, -0.25) is 0 Å². The van der Waals surface area contributed by atoms with Gasteiger partial charge in [-0.25, -0.2) is 19.4 Å². The third-order valence-electron chi connectivity index (χ3n) is 6.19. The average molecular weight is 481 g/mol. The Labute approximate surface area is 210 Å². The van der Waals surface area contributed by atoms with Crippen LogP contribution in [0.15, 0.2) is 84.9 Å². The maximum atomic E-state index is 13.0. The molecule has 6 nitrogen and oxygen atoms in total. The summed E-state index contributed by atoms with van der Waals surface area (Å²) in [7, 11) is 0. The molecule has 0 aliphatic carbocycles. The van der Waals surface area contributed by atoms with Gasteiger partial charge in [0, 0.05) is 11.4 Å². The van der Waals surface area contributed by atoms with E-state index in [2.05, 4.69) is 10.6 Å². The fourth-order valence-electron chi connectivity index (χ4n) is 3.79. The molecule has 0 unspecified atom stereocenters. The van der Waals surface area contributed by atoms with Crippen molar-refractivity contribution in [3.8, 4) is 0 Å². The first-order valence-corrected chi connectivity index (χ1v) is 11.6. The van der Waals surface area contributed by atoms with Crippen molar-refractivity contribution in [1.29, 1.82) is 0 Å². The number of hydrogen-bond acceptors (Lipinski definition) is 6. The summed E-state index contributed by atoms with van der Waals surface area (Å²) >= 11 is 0. The average Bonchev–Trinajstić information content (AvgIpc) is 2.89. The van der Waals surface area contributed by atoms with E-state index in [1.807, 2.05) is 100 Å². The topological polar surface area (TPSA) is 76.7 Å². The molecule has 182 valence electrons. The van der Waals surface area contributed by atoms with Crippen molar-refractivity contribution in [2.24, 2.45) is 0 Å². The lowest BCUT2D eigenvalue weighted by Gasteiger charge is -2.17. The molecule has 0 saturated heterocycles. The zero-order valence-electron chi connectivity index (χ0n) is 20.7. The lowest BCUT2D eigenvalue weighted by Crippen LogP contribution is -2.15. The van der Waals surface area contributed by atoms with E-state index in [9.17, 15) is 9.59 Å². The van der Waals surface area contributed by atoms with E-state index in [1.54, 1.807) is 12.1 Å². The monoisotopic (exact) mass is 480 g/mol. The van der Waals surface area contributed by atoms with E-state index in [0.717, 1.165) is 33.6 Å². The molecule has 0 spiro atoms. The van der Waals surface area contributed by atoms with Gasteiger partial charge in [0.25, 0.3) is 0 Å². The van der Waals surface area contributed by atoms with Crippen LogP contribution in [0.2, 0.25) is 0 Å². The Hall–Kier alpha value is -4.58. The Morgan fingerprint density at radius 1 is 0.528 bits per heavy atom. The first-order valence-electron chi connectivity index (χ1n) is 11.6. The Morgan fingerprint density at radius 2 is 0.889 bits per heavy atom. The van der Waals surface area contributed by atoms with Crippen LogP contribution >= 0.6 is 0 Å². The first-order chi connectivity index (χ1) is 17.3. The molecular weight excluding hydrogens is 452 g/mol. The summed E-state index contributed by atoms with van der Waals surface area (Å²) in [5, 5.41) is 6.56. The first kappa shape index (κ1) is 24.5. The number of aryl methyl sites for hydroxylation is 2. The van der Waals surface area contributed by atoms with Crippen LogP contribution in [0.4, 0.5) is 22.7 Å². The van der Waals surface area contributed by atoms with Crippen molar-refractivity contribution in [3.05, 3.63) is 118 Å². The quantitative estimate of drug-likeness (QED) is 0.222. The lowest BCUT2D eigenvalue weighted by atomic mass is 10.0. The highest BCUT2D eigenvalue weighted by atomic mass is 17.2. The minimum atomic E-state index is -0.772. The van der Waals surface area contributed by atoms with Gasteiger partial charge in [-0.1, -0.05) is 48.5 Å². The molecule has 0 saturated carbocycles. The Balaban J connectivity index is 1.56. The number of para-hydroxylation sites is 2. The molecule has 0 atom stereocenters. The number of nitrogens with one attached hydrogen (secondary N) is 2. The van der Waals surface area contributed by atoms with Gasteiger partial charge in [0.2, 0.25) is 0 Å². The van der Waals surface area contributed by atoms with Gasteiger partial charge in [0.1, 0.15) is 0 Å². The van der Waals surface area contributed by atoms with Crippen molar-refractivity contribution in [2.75, 3.05) is 10.6 Å². The Morgan fingerprint density at radius 3 is 1.25 bits per heavy atom. The second-order valence-electron chi connectivity index (χ2n) is 8.58. The molecule has 4 rings (SSSR count). The van der Waals surface area contributed by atoms with Gasteiger partial charge in [0.15, 0.2) is 0 Å². The lowest BCUT2D eigenvalue weighted by molar-refractivity contribution is -0.187. The van der Waals surface area contributed by atoms with Crippen molar-refractivity contribution in [3.63, 3.8) is 0 Å². The zero-order valence-corrected chi connectivity index (χ0v) is 20.7. The van der Waals surface area contributed by atoms with Crippen LogP contribution in [-0.4, -0.2) is 11.9 Å². The van der Waals surface area contributed by atoms with Crippen LogP contribution in [-0.2, 0) is 9.78 Å². The van der Waals surface area contributed by atoms with Crippen LogP contribution in [0.5, 0.6) is 0 Å². The summed E-state index contributed by atoms with van der Waals surface area (Å²) in [6.45, 7) is 7.75. The predicted molar refractivity (Wildman–Crippen MR) is 142 cm³/mol. The highest BCUT2D eigenvalue weighted by molar-refractivity contribution is 6.00. The summed E-state index contributed by atoms with van der Waals surface area (Å²) in [5.41, 5.74) is 7.16. The predicted octanol–water partition coefficient (Wildman–Crippen LogP) is 7.34. The van der Waals surface area contributed by atoms with Gasteiger partial charge in [-0.15, -0.1) is 0 Å². The minimum absolute atomic E-state index is 0.262. The minimum Gasteiger partial charge on any atom is -0.355 e. The second kappa shape index (κ2) is 10.8. The number of benzene rings is 4. The van der Waals surface area contributed by atoms with E-state index >= 15 is 0 Å². The molecule has 0 radical (unpaired) electrons. The van der Waals surface area contributed by atoms with E-state index in [4.69, 9.17) is 9.78 Å². The molecule has 4 aromatic carbocycles. The van der Waals surface area contributed by atoms with Gasteiger partial charge in [0.05, 0.1) is 22.5 Å². The van der Waals surface area contributed by atoms with Crippen LogP contribution in [0.1, 0.15) is 43.0 Å². The molecule has 36 heavy (non-hydrogen) atoms. The molecule has 0 fully saturated rings. The summed E-state index contributed by atoms with van der Waals surface area (Å²) < 4.78 is 0. The van der Waals surface area contributed by atoms with Crippen LogP contribution in [0.25, 0.3) is 0 Å². The van der Waals surface area contributed by atoms with Gasteiger partial charge < -0.3 is 10.6 Å². The van der Waals surface area contributed by atoms with Crippen LogP contribution < -0.4 is 10.6 Å². The maximum Gasteiger partial charge on any atom is 0.388 e. The largest absolute Gasteiger partial charge is 0.388 e. The molecule has 0 aliphatic rings. The Bertz CT molecular complexity index is 1290. The fourth-order valence-corrected chi connectivity index (χ4v) is 3.79. The highest BCUT2D eigenvalue weighted by Crippen LogP contribution is 2.30. The summed E-state index contributed by atoms with van der Waals surface area (Å²) in [6, 6.07) is 26.0. The molecule has 0 aliphatic heterocycles. The Kier molecular flexibility index (Phi) is 7.35. The fraction of sp³-hybridized carbons (Fsp3) is 0.133. The third-order valence-corrected chi connectivity index (χ3v) is 6.19. The third kappa shape index (κ3) is 5.39. The maximum absolute atomic E-state index is 13.0. The molecule has 0 bridgehead atoms. The van der Waals surface area contributed by atoms with E-state index < -0.39 is 11.9 Å². The molecule has 0 heterocycles. The van der Waals surface area contributed by atoms with Crippen molar-refractivity contribution in [1.82, 2.24) is 0 Å². The zero-order chi connectivity index (χ0) is 25.7. The summed E-state index contributed by atoms with van der Waals surface area (Å²) in [5.74, 6) is -1.54. The van der Waals surface area contributed by atoms with Crippen LogP contribution in [0, 0.1) is 27.7 Å². The van der Waals surface area contributed by atoms with E-state index in [-0.39, 0.29) is 11.1 Å². The highest BCUT2D eigenvalue weighted by Gasteiger charge is 2.22. The SMILES string of the molecule is Cc1ccc(C(=O)OOC(=O)c2ccc(C)c(C)c2Nc2ccccc2)c(Nc2ccccc2)c1C. The molecular formula is C30H28N2O4. The molecule has 2 N–H and O–H groups in total. The normalized spacial score (nSPS) is 10.4.